The summed E-state index contributed by atoms with van der Waals surface area (Å²) >= 11 is 0. The Balaban J connectivity index is 1.95. The highest BCUT2D eigenvalue weighted by atomic mass is 16.5. The van der Waals surface area contributed by atoms with E-state index in [1.807, 2.05) is 0 Å². The van der Waals surface area contributed by atoms with E-state index in [0.29, 0.717) is 23.5 Å². The van der Waals surface area contributed by atoms with E-state index >= 15 is 0 Å². The Morgan fingerprint density at radius 1 is 1.47 bits per heavy atom. The van der Waals surface area contributed by atoms with Crippen LogP contribution in [0.5, 0.6) is 0 Å². The number of pyridine rings is 1. The average molecular weight is 236 g/mol. The second-order valence-corrected chi connectivity index (χ2v) is 4.09. The molecule has 1 aromatic heterocycles. The fourth-order valence-electron chi connectivity index (χ4n) is 1.84. The van der Waals surface area contributed by atoms with E-state index in [9.17, 15) is 4.79 Å². The van der Waals surface area contributed by atoms with E-state index in [1.165, 1.54) is 7.11 Å². The predicted molar refractivity (Wildman–Crippen MR) is 63.0 cm³/mol. The molecule has 1 N–H and O–H groups in total. The van der Waals surface area contributed by atoms with Gasteiger partial charge < -0.3 is 14.8 Å². The third-order valence-corrected chi connectivity index (χ3v) is 2.96. The summed E-state index contributed by atoms with van der Waals surface area (Å²) in [6, 6.07) is 3.71. The van der Waals surface area contributed by atoms with Gasteiger partial charge in [-0.05, 0) is 25.0 Å². The first kappa shape index (κ1) is 11.9. The minimum absolute atomic E-state index is 0.344. The van der Waals surface area contributed by atoms with Gasteiger partial charge in [0.05, 0.1) is 18.8 Å². The van der Waals surface area contributed by atoms with Crippen LogP contribution in [0, 0.1) is 0 Å². The summed E-state index contributed by atoms with van der Waals surface area (Å²) in [5.74, 6) is 0.353. The van der Waals surface area contributed by atoms with Gasteiger partial charge in [0.15, 0.2) is 0 Å². The molecule has 0 aromatic carbocycles. The number of methoxy groups -OCH3 is 2. The van der Waals surface area contributed by atoms with Crippen LogP contribution in [0.15, 0.2) is 18.3 Å². The summed E-state index contributed by atoms with van der Waals surface area (Å²) in [6.07, 6.45) is 3.89. The van der Waals surface area contributed by atoms with E-state index < -0.39 is 0 Å². The van der Waals surface area contributed by atoms with Crippen LogP contribution < -0.4 is 5.32 Å². The molecule has 1 aromatic rings. The van der Waals surface area contributed by atoms with E-state index in [-0.39, 0.29) is 5.97 Å². The van der Waals surface area contributed by atoms with Gasteiger partial charge in [0.2, 0.25) is 0 Å². The molecule has 0 bridgehead atoms. The van der Waals surface area contributed by atoms with Crippen LogP contribution in [0.25, 0.3) is 0 Å². The van der Waals surface area contributed by atoms with Gasteiger partial charge in [-0.2, -0.15) is 0 Å². The van der Waals surface area contributed by atoms with Crippen LogP contribution in [0.3, 0.4) is 0 Å². The smallest absolute Gasteiger partial charge is 0.338 e. The SMILES string of the molecule is COC(=O)c1ccnc(NC2CC(OC)C2)c1. The van der Waals surface area contributed by atoms with Crippen molar-refractivity contribution >= 4 is 11.8 Å². The molecule has 1 aliphatic carbocycles. The number of hydrogen-bond donors (Lipinski definition) is 1. The number of aromatic nitrogens is 1. The molecule has 0 saturated heterocycles. The number of carbonyl (C=O) groups excluding carboxylic acids is 1. The minimum atomic E-state index is -0.348. The lowest BCUT2D eigenvalue weighted by molar-refractivity contribution is 0.0327. The van der Waals surface area contributed by atoms with Crippen molar-refractivity contribution < 1.29 is 14.3 Å². The van der Waals surface area contributed by atoms with E-state index in [2.05, 4.69) is 15.0 Å². The van der Waals surface area contributed by atoms with Crippen molar-refractivity contribution in [1.82, 2.24) is 4.98 Å². The molecule has 92 valence electrons. The highest BCUT2D eigenvalue weighted by Crippen LogP contribution is 2.25. The molecule has 2 rings (SSSR count). The molecule has 0 radical (unpaired) electrons. The molecule has 0 unspecified atom stereocenters. The Hall–Kier alpha value is -1.62. The first-order valence-electron chi connectivity index (χ1n) is 5.56. The Labute approximate surface area is 100 Å². The molecule has 0 aliphatic heterocycles. The molecule has 5 nitrogen and oxygen atoms in total. The second kappa shape index (κ2) is 5.14. The van der Waals surface area contributed by atoms with Crippen LogP contribution in [0.4, 0.5) is 5.82 Å². The van der Waals surface area contributed by atoms with Crippen molar-refractivity contribution in [3.05, 3.63) is 23.9 Å². The molecule has 1 fully saturated rings. The summed E-state index contributed by atoms with van der Waals surface area (Å²) in [4.78, 5) is 15.5. The van der Waals surface area contributed by atoms with Gasteiger partial charge in [-0.3, -0.25) is 0 Å². The molecular formula is C12H16N2O3. The van der Waals surface area contributed by atoms with E-state index in [4.69, 9.17) is 4.74 Å². The van der Waals surface area contributed by atoms with Crippen molar-refractivity contribution in [2.45, 2.75) is 25.0 Å². The summed E-state index contributed by atoms with van der Waals surface area (Å²) in [7, 11) is 3.09. The molecule has 1 heterocycles. The molecule has 0 amide bonds. The highest BCUT2D eigenvalue weighted by molar-refractivity contribution is 5.89. The molecule has 0 atom stereocenters. The van der Waals surface area contributed by atoms with Gasteiger partial charge in [0.1, 0.15) is 5.82 Å². The number of rotatable bonds is 4. The highest BCUT2D eigenvalue weighted by Gasteiger charge is 2.29. The van der Waals surface area contributed by atoms with Crippen molar-refractivity contribution in [2.75, 3.05) is 19.5 Å². The largest absolute Gasteiger partial charge is 0.465 e. The maximum absolute atomic E-state index is 11.3. The first-order chi connectivity index (χ1) is 8.22. The third-order valence-electron chi connectivity index (χ3n) is 2.96. The van der Waals surface area contributed by atoms with Gasteiger partial charge in [-0.25, -0.2) is 9.78 Å². The van der Waals surface area contributed by atoms with Crippen LogP contribution in [0.2, 0.25) is 0 Å². The Morgan fingerprint density at radius 2 is 2.24 bits per heavy atom. The van der Waals surface area contributed by atoms with Crippen LogP contribution in [-0.2, 0) is 9.47 Å². The maximum Gasteiger partial charge on any atom is 0.338 e. The molecule has 0 spiro atoms. The Kier molecular flexibility index (Phi) is 3.58. The zero-order chi connectivity index (χ0) is 12.3. The number of hydrogen-bond acceptors (Lipinski definition) is 5. The average Bonchev–Trinajstić information content (AvgIpc) is 2.32. The third kappa shape index (κ3) is 2.74. The molecule has 5 heteroatoms. The van der Waals surface area contributed by atoms with Crippen LogP contribution in [0.1, 0.15) is 23.2 Å². The van der Waals surface area contributed by atoms with Gasteiger partial charge in [0.25, 0.3) is 0 Å². The van der Waals surface area contributed by atoms with Crippen molar-refractivity contribution in [1.29, 1.82) is 0 Å². The van der Waals surface area contributed by atoms with Crippen molar-refractivity contribution in [3.8, 4) is 0 Å². The van der Waals surface area contributed by atoms with Gasteiger partial charge >= 0.3 is 5.97 Å². The van der Waals surface area contributed by atoms with Gasteiger partial charge in [0, 0.05) is 19.3 Å². The van der Waals surface area contributed by atoms with Crippen molar-refractivity contribution in [2.24, 2.45) is 0 Å². The van der Waals surface area contributed by atoms with Crippen molar-refractivity contribution in [3.63, 3.8) is 0 Å². The zero-order valence-electron chi connectivity index (χ0n) is 9.97. The summed E-state index contributed by atoms with van der Waals surface area (Å²) in [5.41, 5.74) is 0.507. The summed E-state index contributed by atoms with van der Waals surface area (Å²) < 4.78 is 9.86. The standard InChI is InChI=1S/C12H16N2O3/c1-16-10-6-9(7-10)14-11-5-8(3-4-13-11)12(15)17-2/h3-5,9-10H,6-7H2,1-2H3,(H,13,14). The monoisotopic (exact) mass is 236 g/mol. The van der Waals surface area contributed by atoms with Crippen LogP contribution in [-0.4, -0.2) is 37.3 Å². The number of esters is 1. The molecular weight excluding hydrogens is 220 g/mol. The topological polar surface area (TPSA) is 60.5 Å². The quantitative estimate of drug-likeness (QED) is 0.802. The lowest BCUT2D eigenvalue weighted by Crippen LogP contribution is -2.40. The van der Waals surface area contributed by atoms with Gasteiger partial charge in [-0.1, -0.05) is 0 Å². The predicted octanol–water partition coefficient (Wildman–Crippen LogP) is 1.46. The van der Waals surface area contributed by atoms with Crippen LogP contribution >= 0.6 is 0 Å². The number of anilines is 1. The minimum Gasteiger partial charge on any atom is -0.465 e. The molecule has 1 aliphatic rings. The summed E-state index contributed by atoms with van der Waals surface area (Å²) in [6.45, 7) is 0. The van der Waals surface area contributed by atoms with Gasteiger partial charge in [-0.15, -0.1) is 0 Å². The fraction of sp³-hybridized carbons (Fsp3) is 0.500. The number of nitrogens with zero attached hydrogens (tertiary/aromatic N) is 1. The van der Waals surface area contributed by atoms with E-state index in [1.54, 1.807) is 25.4 Å². The first-order valence-corrected chi connectivity index (χ1v) is 5.56. The maximum atomic E-state index is 11.3. The number of carbonyl (C=O) groups is 1. The Morgan fingerprint density at radius 3 is 2.88 bits per heavy atom. The summed E-state index contributed by atoms with van der Waals surface area (Å²) in [5, 5.41) is 3.26. The Bertz CT molecular complexity index is 402. The second-order valence-electron chi connectivity index (χ2n) is 4.09. The molecule has 1 saturated carbocycles. The normalized spacial score (nSPS) is 22.7. The lowest BCUT2D eigenvalue weighted by atomic mass is 9.89. The zero-order valence-corrected chi connectivity index (χ0v) is 9.97. The number of nitrogens with one attached hydrogen (secondary N) is 1. The molecule has 17 heavy (non-hydrogen) atoms. The van der Waals surface area contributed by atoms with E-state index in [0.717, 1.165) is 12.8 Å². The number of ether oxygens (including phenoxy) is 2. The fourth-order valence-corrected chi connectivity index (χ4v) is 1.84. The lowest BCUT2D eigenvalue weighted by Gasteiger charge is -2.34.